The molecule has 0 radical (unpaired) electrons. The highest BCUT2D eigenvalue weighted by atomic mass is 32.1. The van der Waals surface area contributed by atoms with E-state index in [-0.39, 0.29) is 36.7 Å². The van der Waals surface area contributed by atoms with E-state index in [2.05, 4.69) is 5.32 Å². The van der Waals surface area contributed by atoms with Gasteiger partial charge in [-0.15, -0.1) is 11.3 Å². The molecule has 1 unspecified atom stereocenters. The molecule has 0 saturated heterocycles. The van der Waals surface area contributed by atoms with Gasteiger partial charge in [-0.1, -0.05) is 18.2 Å². The highest BCUT2D eigenvalue weighted by molar-refractivity contribution is 7.12. The molecule has 0 aliphatic carbocycles. The molecule has 2 N–H and O–H groups in total. The fourth-order valence-electron chi connectivity index (χ4n) is 2.26. The van der Waals surface area contributed by atoms with E-state index in [9.17, 15) is 19.5 Å². The fraction of sp³-hybridized carbons (Fsp3) is 0.278. The summed E-state index contributed by atoms with van der Waals surface area (Å²) in [6.45, 7) is 0. The first kappa shape index (κ1) is 18.7. The number of carbonyl (C=O) groups is 3. The molecule has 1 heterocycles. The van der Waals surface area contributed by atoms with Gasteiger partial charge < -0.3 is 15.2 Å². The Bertz CT molecular complexity index is 724. The third-order valence-electron chi connectivity index (χ3n) is 3.57. The van der Waals surface area contributed by atoms with E-state index in [4.69, 9.17) is 4.74 Å². The summed E-state index contributed by atoms with van der Waals surface area (Å²) in [6.07, 6.45) is 0.316. The van der Waals surface area contributed by atoms with Crippen LogP contribution in [0.15, 0.2) is 41.8 Å². The van der Waals surface area contributed by atoms with Gasteiger partial charge in [0.25, 0.3) is 0 Å². The summed E-state index contributed by atoms with van der Waals surface area (Å²) in [6, 6.07) is 8.99. The van der Waals surface area contributed by atoms with Gasteiger partial charge in [0.2, 0.25) is 5.91 Å². The van der Waals surface area contributed by atoms with Gasteiger partial charge in [0.1, 0.15) is 11.8 Å². The molecule has 1 aromatic carbocycles. The Morgan fingerprint density at radius 3 is 2.48 bits per heavy atom. The van der Waals surface area contributed by atoms with Gasteiger partial charge in [0.05, 0.1) is 12.0 Å². The van der Waals surface area contributed by atoms with Gasteiger partial charge in [0.15, 0.2) is 5.78 Å². The number of hydrogen-bond acceptors (Lipinski definition) is 6. The number of amides is 1. The maximum atomic E-state index is 12.1. The third kappa shape index (κ3) is 5.72. The Morgan fingerprint density at radius 1 is 1.16 bits per heavy atom. The number of ketones is 1. The van der Waals surface area contributed by atoms with Crippen LogP contribution in [0, 0.1) is 0 Å². The average Bonchev–Trinajstić information content (AvgIpc) is 3.15. The van der Waals surface area contributed by atoms with Crippen molar-refractivity contribution in [3.05, 3.63) is 52.2 Å². The summed E-state index contributed by atoms with van der Waals surface area (Å²) in [5.41, 5.74) is 0.767. The summed E-state index contributed by atoms with van der Waals surface area (Å²) in [4.78, 5) is 36.5. The second kappa shape index (κ2) is 8.98. The first-order valence-corrected chi connectivity index (χ1v) is 8.59. The van der Waals surface area contributed by atoms with Crippen LogP contribution in [0.2, 0.25) is 0 Å². The van der Waals surface area contributed by atoms with Crippen molar-refractivity contribution in [2.75, 3.05) is 7.11 Å². The molecule has 0 aliphatic heterocycles. The smallest absolute Gasteiger partial charge is 0.328 e. The number of phenols is 1. The molecular weight excluding hydrogens is 342 g/mol. The van der Waals surface area contributed by atoms with E-state index in [1.165, 1.54) is 30.6 Å². The lowest BCUT2D eigenvalue weighted by atomic mass is 10.1. The molecule has 2 aromatic rings. The fourth-order valence-corrected chi connectivity index (χ4v) is 2.95. The maximum absolute atomic E-state index is 12.1. The minimum Gasteiger partial charge on any atom is -0.508 e. The first-order chi connectivity index (χ1) is 12.0. The molecule has 1 atom stereocenters. The van der Waals surface area contributed by atoms with Crippen LogP contribution in [-0.4, -0.2) is 35.9 Å². The number of aromatic hydroxyl groups is 1. The van der Waals surface area contributed by atoms with Crippen molar-refractivity contribution in [2.45, 2.75) is 25.3 Å². The van der Waals surface area contributed by atoms with Gasteiger partial charge in [-0.2, -0.15) is 0 Å². The predicted molar refractivity (Wildman–Crippen MR) is 93.6 cm³/mol. The Kier molecular flexibility index (Phi) is 6.71. The summed E-state index contributed by atoms with van der Waals surface area (Å²) in [5.74, 6) is -0.933. The van der Waals surface area contributed by atoms with E-state index < -0.39 is 12.0 Å². The lowest BCUT2D eigenvalue weighted by Gasteiger charge is -2.16. The molecule has 0 saturated carbocycles. The van der Waals surface area contributed by atoms with E-state index in [1.807, 2.05) is 0 Å². The zero-order valence-electron chi connectivity index (χ0n) is 13.7. The minimum atomic E-state index is -0.848. The van der Waals surface area contributed by atoms with Crippen LogP contribution in [-0.2, 0) is 20.7 Å². The van der Waals surface area contributed by atoms with Crippen LogP contribution in [0.1, 0.15) is 28.1 Å². The number of ether oxygens (including phenoxy) is 1. The van der Waals surface area contributed by atoms with Crippen molar-refractivity contribution in [2.24, 2.45) is 0 Å². The molecule has 0 aliphatic rings. The lowest BCUT2D eigenvalue weighted by molar-refractivity contribution is -0.145. The molecule has 0 fully saturated rings. The first-order valence-electron chi connectivity index (χ1n) is 7.71. The Morgan fingerprint density at radius 2 is 1.88 bits per heavy atom. The van der Waals surface area contributed by atoms with Gasteiger partial charge in [0, 0.05) is 19.3 Å². The maximum Gasteiger partial charge on any atom is 0.328 e. The molecule has 25 heavy (non-hydrogen) atoms. The van der Waals surface area contributed by atoms with E-state index in [0.29, 0.717) is 4.88 Å². The van der Waals surface area contributed by atoms with Crippen molar-refractivity contribution in [1.82, 2.24) is 5.32 Å². The summed E-state index contributed by atoms with van der Waals surface area (Å²) >= 11 is 1.33. The molecule has 0 spiro atoms. The van der Waals surface area contributed by atoms with Crippen LogP contribution in [0.4, 0.5) is 0 Å². The monoisotopic (exact) mass is 361 g/mol. The van der Waals surface area contributed by atoms with Crippen molar-refractivity contribution >= 4 is 29.0 Å². The number of thiophene rings is 1. The van der Waals surface area contributed by atoms with E-state index >= 15 is 0 Å². The van der Waals surface area contributed by atoms with Gasteiger partial charge in [-0.3, -0.25) is 9.59 Å². The van der Waals surface area contributed by atoms with Crippen molar-refractivity contribution < 1.29 is 24.2 Å². The number of phenolic OH excluding ortho intramolecular Hbond substituents is 1. The standard InChI is InChI=1S/C18H19NO5S/c1-24-18(23)14(11-12-4-6-13(20)7-5-12)19-17(22)9-8-15(21)16-3-2-10-25-16/h2-7,10,14,20H,8-9,11H2,1H3,(H,19,22). The molecular formula is C18H19NO5S. The van der Waals surface area contributed by atoms with Crippen molar-refractivity contribution in [1.29, 1.82) is 0 Å². The van der Waals surface area contributed by atoms with Crippen LogP contribution < -0.4 is 5.32 Å². The topological polar surface area (TPSA) is 92.7 Å². The third-order valence-corrected chi connectivity index (χ3v) is 4.48. The number of carbonyl (C=O) groups excluding carboxylic acids is 3. The SMILES string of the molecule is COC(=O)C(Cc1ccc(O)cc1)NC(=O)CCC(=O)c1cccs1. The lowest BCUT2D eigenvalue weighted by Crippen LogP contribution is -2.43. The quantitative estimate of drug-likeness (QED) is 0.556. The Balaban J connectivity index is 1.91. The van der Waals surface area contributed by atoms with Gasteiger partial charge in [-0.25, -0.2) is 4.79 Å². The molecule has 6 nitrogen and oxygen atoms in total. The summed E-state index contributed by atoms with van der Waals surface area (Å²) in [5, 5.41) is 13.7. The van der Waals surface area contributed by atoms with E-state index in [1.54, 1.807) is 29.6 Å². The number of esters is 1. The molecule has 7 heteroatoms. The van der Waals surface area contributed by atoms with Crippen LogP contribution in [0.25, 0.3) is 0 Å². The summed E-state index contributed by atoms with van der Waals surface area (Å²) in [7, 11) is 1.25. The van der Waals surface area contributed by atoms with Crippen LogP contribution in [0.3, 0.4) is 0 Å². The number of benzene rings is 1. The zero-order chi connectivity index (χ0) is 18.2. The van der Waals surface area contributed by atoms with Gasteiger partial charge in [-0.05, 0) is 29.1 Å². The number of methoxy groups -OCH3 is 1. The Labute approximate surface area is 149 Å². The largest absolute Gasteiger partial charge is 0.508 e. The average molecular weight is 361 g/mol. The van der Waals surface area contributed by atoms with Crippen molar-refractivity contribution in [3.63, 3.8) is 0 Å². The van der Waals surface area contributed by atoms with Gasteiger partial charge >= 0.3 is 5.97 Å². The van der Waals surface area contributed by atoms with Crippen LogP contribution in [0.5, 0.6) is 5.75 Å². The molecule has 132 valence electrons. The molecule has 1 aromatic heterocycles. The normalized spacial score (nSPS) is 11.6. The van der Waals surface area contributed by atoms with Crippen molar-refractivity contribution in [3.8, 4) is 5.75 Å². The number of nitrogens with one attached hydrogen (secondary N) is 1. The Hall–Kier alpha value is -2.67. The van der Waals surface area contributed by atoms with E-state index in [0.717, 1.165) is 5.56 Å². The number of hydrogen-bond donors (Lipinski definition) is 2. The highest BCUT2D eigenvalue weighted by Gasteiger charge is 2.22. The predicted octanol–water partition coefficient (Wildman–Crippen LogP) is 2.32. The molecule has 2 rings (SSSR count). The number of Topliss-reactive ketones (excluding diaryl/α,β-unsaturated/α-hetero) is 1. The second-order valence-electron chi connectivity index (χ2n) is 5.41. The zero-order valence-corrected chi connectivity index (χ0v) is 14.5. The van der Waals surface area contributed by atoms with Crippen LogP contribution >= 0.6 is 11.3 Å². The minimum absolute atomic E-state index is 0.000193. The molecule has 0 bridgehead atoms. The highest BCUT2D eigenvalue weighted by Crippen LogP contribution is 2.13. The second-order valence-corrected chi connectivity index (χ2v) is 6.36. The summed E-state index contributed by atoms with van der Waals surface area (Å²) < 4.78 is 4.73. The number of rotatable bonds is 8. The molecule has 1 amide bonds.